The molecule has 18 nitrogen and oxygen atoms in total. The van der Waals surface area contributed by atoms with E-state index >= 15 is 0 Å². The molecule has 8 heterocycles. The predicted molar refractivity (Wildman–Crippen MR) is 327 cm³/mol. The number of nitrogens with zero attached hydrogens (tertiary/aromatic N) is 10. The molecule has 10 rings (SSSR count). The molecule has 6 atom stereocenters. The van der Waals surface area contributed by atoms with Gasteiger partial charge < -0.3 is 39.5 Å². The Bertz CT molecular complexity index is 3540. The van der Waals surface area contributed by atoms with Crippen molar-refractivity contribution in [2.75, 3.05) is 52.5 Å². The maximum atomic E-state index is 14.1. The van der Waals surface area contributed by atoms with Crippen LogP contribution >= 0.6 is 15.9 Å². The summed E-state index contributed by atoms with van der Waals surface area (Å²) < 4.78 is 38.5. The number of likely N-dealkylation sites (tertiary alicyclic amines) is 2. The van der Waals surface area contributed by atoms with E-state index in [0.29, 0.717) is 90.1 Å². The Morgan fingerprint density at radius 2 is 1.11 bits per heavy atom. The fourth-order valence-corrected chi connectivity index (χ4v) is 12.5. The monoisotopic (exact) mass is 1260 g/mol. The van der Waals surface area contributed by atoms with Crippen LogP contribution in [0.4, 0.5) is 13.5 Å². The average molecular weight is 1260 g/mol. The first kappa shape index (κ1) is 67.2. The van der Waals surface area contributed by atoms with Crippen molar-refractivity contribution in [2.45, 2.75) is 130 Å². The molecule has 460 valence electrons. The smallest absolute Gasteiger partial charge is 0.490 e. The van der Waals surface area contributed by atoms with Crippen molar-refractivity contribution in [1.29, 1.82) is 10.5 Å². The van der Waals surface area contributed by atoms with Crippen molar-refractivity contribution in [3.8, 4) is 34.8 Å². The van der Waals surface area contributed by atoms with E-state index in [1.54, 1.807) is 25.1 Å². The SMILES string of the molecule is CCOc1cc(C(C)N2CCc3c(Br)cc(CCN4CC[C@@H](O)[C@H]4C)cc3C2=O)ncc1C#N.CCOc1cc([C@H](C)N2CCc3c(cc(CCN4CC[C@@H](O)[C@H]4C)cc3-c3ccc(F)nc3C)C2=O)ncc1C#N.Cc1nc(F)ccc1B(O)O.F. The molecule has 0 aliphatic carbocycles. The van der Waals surface area contributed by atoms with Gasteiger partial charge in [-0.1, -0.05) is 28.1 Å². The zero-order chi connectivity index (χ0) is 62.1. The summed E-state index contributed by atoms with van der Waals surface area (Å²) in [5.41, 5.74) is 10.4. The fourth-order valence-electron chi connectivity index (χ4n) is 11.8. The Kier molecular flexibility index (Phi) is 23.2. The van der Waals surface area contributed by atoms with Gasteiger partial charge in [-0.15, -0.1) is 0 Å². The number of hydrogen-bond donors (Lipinski definition) is 4. The summed E-state index contributed by atoms with van der Waals surface area (Å²) in [6, 6.07) is 21.1. The number of pyridine rings is 4. The van der Waals surface area contributed by atoms with E-state index in [0.717, 1.165) is 101 Å². The second kappa shape index (κ2) is 30.0. The third kappa shape index (κ3) is 15.5. The molecule has 2 amide bonds. The van der Waals surface area contributed by atoms with Crippen LogP contribution in [0.3, 0.4) is 0 Å². The molecular formula is C64H75BBrF3N10O8. The normalized spacial score (nSPS) is 18.8. The molecule has 1 unspecified atom stereocenters. The number of nitriles is 2. The Morgan fingerprint density at radius 3 is 1.55 bits per heavy atom. The highest BCUT2D eigenvalue weighted by Crippen LogP contribution is 2.38. The summed E-state index contributed by atoms with van der Waals surface area (Å²) in [6.45, 7) is 20.4. The van der Waals surface area contributed by atoms with Gasteiger partial charge in [0.2, 0.25) is 11.9 Å². The number of aliphatic hydroxyl groups is 2. The van der Waals surface area contributed by atoms with Crippen molar-refractivity contribution >= 4 is 40.3 Å². The van der Waals surface area contributed by atoms with Gasteiger partial charge in [-0.3, -0.25) is 34.1 Å². The van der Waals surface area contributed by atoms with Crippen LogP contribution in [0.15, 0.2) is 77.5 Å². The zero-order valence-corrected chi connectivity index (χ0v) is 51.9. The Morgan fingerprint density at radius 1 is 0.667 bits per heavy atom. The lowest BCUT2D eigenvalue weighted by molar-refractivity contribution is 0.0661. The molecule has 2 fully saturated rings. The third-order valence-corrected chi connectivity index (χ3v) is 17.6. The van der Waals surface area contributed by atoms with Gasteiger partial charge in [0, 0.05) is 114 Å². The Labute approximate surface area is 515 Å². The molecule has 87 heavy (non-hydrogen) atoms. The molecule has 0 bridgehead atoms. The number of ether oxygens (including phenoxy) is 2. The van der Waals surface area contributed by atoms with Crippen LogP contribution in [0.5, 0.6) is 11.5 Å². The molecule has 4 N–H and O–H groups in total. The van der Waals surface area contributed by atoms with E-state index < -0.39 is 19.0 Å². The minimum Gasteiger partial charge on any atom is -0.492 e. The first-order valence-electron chi connectivity index (χ1n) is 29.3. The average Bonchev–Trinajstić information content (AvgIpc) is 1.43. The van der Waals surface area contributed by atoms with Gasteiger partial charge in [0.15, 0.2) is 0 Å². The highest BCUT2D eigenvalue weighted by Gasteiger charge is 2.35. The molecule has 23 heteroatoms. The zero-order valence-electron chi connectivity index (χ0n) is 50.3. The minimum atomic E-state index is -1.58. The minimum absolute atomic E-state index is 0. The second-order valence-electron chi connectivity index (χ2n) is 22.1. The largest absolute Gasteiger partial charge is 0.492 e. The summed E-state index contributed by atoms with van der Waals surface area (Å²) in [5, 5.41) is 56.3. The van der Waals surface area contributed by atoms with Crippen LogP contribution < -0.4 is 14.9 Å². The Balaban J connectivity index is 0.000000212. The molecule has 0 radical (unpaired) electrons. The van der Waals surface area contributed by atoms with Crippen molar-refractivity contribution < 1.29 is 52.8 Å². The van der Waals surface area contributed by atoms with Gasteiger partial charge in [-0.25, -0.2) is 9.97 Å². The number of hydrogen-bond acceptors (Lipinski definition) is 16. The number of carbonyl (C=O) groups excluding carboxylic acids is 2. The van der Waals surface area contributed by atoms with Gasteiger partial charge in [-0.2, -0.15) is 19.3 Å². The van der Waals surface area contributed by atoms with Crippen LogP contribution in [0.1, 0.15) is 143 Å². The maximum Gasteiger partial charge on any atom is 0.490 e. The van der Waals surface area contributed by atoms with Gasteiger partial charge in [0.05, 0.1) is 48.9 Å². The summed E-state index contributed by atoms with van der Waals surface area (Å²) in [4.78, 5) is 52.3. The highest BCUT2D eigenvalue weighted by atomic mass is 79.9. The van der Waals surface area contributed by atoms with Crippen LogP contribution in [0.2, 0.25) is 0 Å². The maximum absolute atomic E-state index is 14.1. The number of amides is 2. The van der Waals surface area contributed by atoms with Gasteiger partial charge in [0.25, 0.3) is 11.8 Å². The molecule has 0 spiro atoms. The van der Waals surface area contributed by atoms with Crippen molar-refractivity contribution in [2.24, 2.45) is 0 Å². The van der Waals surface area contributed by atoms with Crippen molar-refractivity contribution in [3.63, 3.8) is 0 Å². The first-order chi connectivity index (χ1) is 41.2. The number of aryl methyl sites for hydroxylation is 2. The topological polar surface area (TPSA) is 246 Å². The van der Waals surface area contributed by atoms with Gasteiger partial charge in [-0.05, 0) is 158 Å². The van der Waals surface area contributed by atoms with E-state index in [1.807, 2.05) is 56.6 Å². The predicted octanol–water partition coefficient (Wildman–Crippen LogP) is 7.85. The van der Waals surface area contributed by atoms with Crippen LogP contribution in [0.25, 0.3) is 11.1 Å². The number of halogens is 4. The number of aliphatic hydroxyl groups excluding tert-OH is 2. The number of fused-ring (bicyclic) bond motifs is 2. The van der Waals surface area contributed by atoms with Crippen molar-refractivity contribution in [1.82, 2.24) is 39.5 Å². The van der Waals surface area contributed by atoms with E-state index in [1.165, 1.54) is 31.5 Å². The fraction of sp³-hybridized carbons (Fsp3) is 0.438. The Hall–Kier alpha value is -7.35. The molecule has 2 aromatic carbocycles. The van der Waals surface area contributed by atoms with Crippen LogP contribution in [-0.4, -0.2) is 156 Å². The lowest BCUT2D eigenvalue weighted by Gasteiger charge is -2.35. The summed E-state index contributed by atoms with van der Waals surface area (Å²) in [7, 11) is -1.58. The number of carbonyl (C=O) groups is 2. The summed E-state index contributed by atoms with van der Waals surface area (Å²) in [6.07, 6.45) is 6.93. The van der Waals surface area contributed by atoms with E-state index in [9.17, 15) is 39.1 Å². The number of rotatable bonds is 16. The van der Waals surface area contributed by atoms with E-state index in [4.69, 9.17) is 19.5 Å². The highest BCUT2D eigenvalue weighted by molar-refractivity contribution is 9.10. The molecular weight excluding hydrogens is 1180 g/mol. The molecule has 2 saturated heterocycles. The molecule has 0 saturated carbocycles. The molecule has 4 aromatic heterocycles. The summed E-state index contributed by atoms with van der Waals surface area (Å²) in [5.74, 6) is -0.295. The quantitative estimate of drug-likeness (QED) is 0.0532. The third-order valence-electron chi connectivity index (χ3n) is 16.9. The first-order valence-corrected chi connectivity index (χ1v) is 30.1. The standard InChI is InChI=1S/C32H36FN5O3.C26H31BrN4O3.C6H7BFNO2.FH/c1-5-41-30-16-28(35-18-23(30)17-34)20(3)38-13-9-25-26(24-6-7-31(33)36-19(24)2)14-22(15-27(25)32(38)40)8-11-37-12-10-29(39)21(37)4;1-4-34-25-13-23(29-15-19(25)14-28)16(2)31-10-6-20-21(26(31)33)11-18(12-22(20)27)5-8-30-9-7-24(32)17(30)3;1-4-5(7(10)11)2-3-6(8)9-4;/h6-7,14-16,18,20-21,29,39H,5,8-13H2,1-4H3;11-13,15-17,24,32H,4-10H2,1-3H3;2-3,10-11H,1H3;1H/t20-,21+,29+;16?,17-,24-;;/m01../s1. The molecule has 4 aliphatic heterocycles. The lowest BCUT2D eigenvalue weighted by Crippen LogP contribution is -2.40. The van der Waals surface area contributed by atoms with E-state index in [-0.39, 0.29) is 58.4 Å². The molecule has 6 aromatic rings. The number of benzene rings is 2. The van der Waals surface area contributed by atoms with Gasteiger partial charge >= 0.3 is 7.12 Å². The van der Waals surface area contributed by atoms with E-state index in [2.05, 4.69) is 76.9 Å². The summed E-state index contributed by atoms with van der Waals surface area (Å²) >= 11 is 3.70. The van der Waals surface area contributed by atoms with Gasteiger partial charge in [0.1, 0.15) is 34.8 Å². The lowest BCUT2D eigenvalue weighted by atomic mass is 9.79. The number of aromatic nitrogens is 4. The molecule has 4 aliphatic rings. The van der Waals surface area contributed by atoms with Crippen LogP contribution in [0, 0.1) is 48.4 Å². The van der Waals surface area contributed by atoms with Crippen molar-refractivity contribution in [3.05, 3.63) is 157 Å². The second-order valence-corrected chi connectivity index (χ2v) is 23.0. The van der Waals surface area contributed by atoms with Crippen LogP contribution in [-0.2, 0) is 25.7 Å².